The third-order valence-corrected chi connectivity index (χ3v) is 5.54. The molecule has 1 saturated heterocycles. The van der Waals surface area contributed by atoms with E-state index in [-0.39, 0.29) is 17.8 Å². The van der Waals surface area contributed by atoms with E-state index in [2.05, 4.69) is 27.1 Å². The molecule has 1 unspecified atom stereocenters. The van der Waals surface area contributed by atoms with Gasteiger partial charge in [0.1, 0.15) is 22.9 Å². The highest BCUT2D eigenvalue weighted by molar-refractivity contribution is 5.86. The summed E-state index contributed by atoms with van der Waals surface area (Å²) in [5.74, 6) is 7.04. The molecule has 1 aliphatic heterocycles. The number of nitrogen functional groups attached to an aromatic ring is 1. The second-order valence-electron chi connectivity index (χ2n) is 8.51. The van der Waals surface area contributed by atoms with Crippen LogP contribution in [0.3, 0.4) is 0 Å². The number of hydrogen-bond donors (Lipinski definition) is 3. The van der Waals surface area contributed by atoms with Crippen molar-refractivity contribution < 1.29 is 19.2 Å². The second-order valence-corrected chi connectivity index (χ2v) is 8.51. The Bertz CT molecular complexity index is 1180. The summed E-state index contributed by atoms with van der Waals surface area (Å²) in [5.41, 5.74) is 12.7. The number of nitrogens with zero attached hydrogens (tertiary/aromatic N) is 5. The molecule has 0 saturated carbocycles. The lowest BCUT2D eigenvalue weighted by molar-refractivity contribution is 0.0195. The van der Waals surface area contributed by atoms with Gasteiger partial charge >= 0.3 is 0 Å². The monoisotopic (exact) mass is 455 g/mol. The van der Waals surface area contributed by atoms with Gasteiger partial charge in [-0.1, -0.05) is 5.92 Å². The van der Waals surface area contributed by atoms with Gasteiger partial charge in [-0.15, -0.1) is 0 Å². The number of aromatic nitrogens is 5. The fourth-order valence-electron chi connectivity index (χ4n) is 3.89. The smallest absolute Gasteiger partial charge is 0.217 e. The predicted octanol–water partition coefficient (Wildman–Crippen LogP) is 1.34. The average Bonchev–Trinajstić information content (AvgIpc) is 3.38. The Morgan fingerprint density at radius 1 is 1.30 bits per heavy atom. The van der Waals surface area contributed by atoms with Crippen LogP contribution in [-0.4, -0.2) is 61.4 Å². The molecule has 0 aromatic carbocycles. The molecule has 3 aromatic heterocycles. The number of fused-ring (bicyclic) bond motifs is 1. The molecule has 1 fully saturated rings. The summed E-state index contributed by atoms with van der Waals surface area (Å²) < 4.78 is 18.4. The quantitative estimate of drug-likeness (QED) is 0.463. The third-order valence-electron chi connectivity index (χ3n) is 5.54. The summed E-state index contributed by atoms with van der Waals surface area (Å²) in [6, 6.07) is 1.82. The molecule has 0 aliphatic carbocycles. The van der Waals surface area contributed by atoms with E-state index >= 15 is 0 Å². The van der Waals surface area contributed by atoms with Gasteiger partial charge in [0.2, 0.25) is 5.88 Å². The highest BCUT2D eigenvalue weighted by Gasteiger charge is 2.27. The van der Waals surface area contributed by atoms with Crippen LogP contribution in [0.5, 0.6) is 5.88 Å². The first kappa shape index (κ1) is 23.0. The zero-order valence-electron chi connectivity index (χ0n) is 19.0. The van der Waals surface area contributed by atoms with Crippen molar-refractivity contribution in [3.63, 3.8) is 0 Å². The first-order chi connectivity index (χ1) is 15.8. The number of aryl methyl sites for hydroxylation is 1. The number of pyridine rings is 1. The van der Waals surface area contributed by atoms with Crippen molar-refractivity contribution in [1.82, 2.24) is 24.8 Å². The van der Waals surface area contributed by atoms with Crippen molar-refractivity contribution in [1.29, 1.82) is 0 Å². The molecule has 0 bridgehead atoms. The summed E-state index contributed by atoms with van der Waals surface area (Å²) in [4.78, 5) is 9.31. The lowest BCUT2D eigenvalue weighted by Gasteiger charge is -2.29. The van der Waals surface area contributed by atoms with Crippen LogP contribution in [-0.2, 0) is 11.3 Å². The van der Waals surface area contributed by atoms with Gasteiger partial charge in [0.05, 0.1) is 5.52 Å². The molecule has 4 rings (SSSR count). The predicted molar refractivity (Wildman–Crippen MR) is 121 cm³/mol. The summed E-state index contributed by atoms with van der Waals surface area (Å²) >= 11 is 0. The molecule has 5 N–H and O–H groups in total. The maximum Gasteiger partial charge on any atom is 0.217 e. The maximum atomic E-state index is 10.1. The van der Waals surface area contributed by atoms with Crippen LogP contribution in [0.25, 0.3) is 22.6 Å². The minimum Gasteiger partial charge on any atom is -0.473 e. The molecule has 11 nitrogen and oxygen atoms in total. The van der Waals surface area contributed by atoms with Crippen molar-refractivity contribution in [3.8, 4) is 29.2 Å². The standard InChI is InChI=1S/C22H29N7O4/c1-4-29-15-11-17(32-16(12-23)13-6-9-31-10-7-13)25-14(5-8-22(2,3)30)18(15)26-21(29)19-20(24)28-33-27-19/h11,13,16,30H,4,6-7,9-10,12,23H2,1-3H3,(H2,24,28). The van der Waals surface area contributed by atoms with E-state index in [9.17, 15) is 5.11 Å². The van der Waals surface area contributed by atoms with Gasteiger partial charge in [0.25, 0.3) is 0 Å². The van der Waals surface area contributed by atoms with E-state index in [1.807, 2.05) is 17.6 Å². The van der Waals surface area contributed by atoms with Crippen molar-refractivity contribution in [2.45, 2.75) is 51.9 Å². The van der Waals surface area contributed by atoms with Gasteiger partial charge in [-0.05, 0) is 49.8 Å². The Morgan fingerprint density at radius 2 is 2.06 bits per heavy atom. The van der Waals surface area contributed by atoms with Crippen LogP contribution < -0.4 is 16.2 Å². The normalized spacial score (nSPS) is 15.9. The molecule has 11 heteroatoms. The first-order valence-corrected chi connectivity index (χ1v) is 11.0. The van der Waals surface area contributed by atoms with Crippen LogP contribution >= 0.6 is 0 Å². The van der Waals surface area contributed by atoms with Crippen LogP contribution in [0.15, 0.2) is 10.7 Å². The zero-order valence-corrected chi connectivity index (χ0v) is 19.0. The molecular weight excluding hydrogens is 426 g/mol. The van der Waals surface area contributed by atoms with E-state index in [0.29, 0.717) is 54.9 Å². The van der Waals surface area contributed by atoms with Gasteiger partial charge in [0.15, 0.2) is 17.3 Å². The number of imidazole rings is 1. The Labute approximate surface area is 191 Å². The fraction of sp³-hybridized carbons (Fsp3) is 0.545. The summed E-state index contributed by atoms with van der Waals surface area (Å²) in [6.45, 7) is 7.49. The first-order valence-electron chi connectivity index (χ1n) is 11.0. The van der Waals surface area contributed by atoms with Crippen LogP contribution in [0.1, 0.15) is 39.3 Å². The highest BCUT2D eigenvalue weighted by atomic mass is 16.6. The number of rotatable bonds is 6. The zero-order chi connectivity index (χ0) is 23.6. The Hall–Kier alpha value is -3.20. The Morgan fingerprint density at radius 3 is 2.67 bits per heavy atom. The van der Waals surface area contributed by atoms with Gasteiger partial charge < -0.3 is 30.6 Å². The molecule has 33 heavy (non-hydrogen) atoms. The van der Waals surface area contributed by atoms with Crippen molar-refractivity contribution in [2.24, 2.45) is 11.7 Å². The SMILES string of the molecule is CCn1c(-c2nonc2N)nc2c(C#CC(C)(C)O)nc(OC(CN)C3CCOCC3)cc21. The summed E-state index contributed by atoms with van der Waals surface area (Å²) in [6.07, 6.45) is 1.55. The van der Waals surface area contributed by atoms with E-state index in [1.165, 1.54) is 0 Å². The Kier molecular flexibility index (Phi) is 6.51. The molecular formula is C22H29N7O4. The maximum absolute atomic E-state index is 10.1. The molecule has 0 radical (unpaired) electrons. The van der Waals surface area contributed by atoms with Gasteiger partial charge in [-0.3, -0.25) is 0 Å². The van der Waals surface area contributed by atoms with Crippen molar-refractivity contribution in [2.75, 3.05) is 25.5 Å². The summed E-state index contributed by atoms with van der Waals surface area (Å²) in [7, 11) is 0. The highest BCUT2D eigenvalue weighted by Crippen LogP contribution is 2.31. The van der Waals surface area contributed by atoms with Crippen molar-refractivity contribution >= 4 is 16.9 Å². The minimum atomic E-state index is -1.20. The van der Waals surface area contributed by atoms with E-state index < -0.39 is 5.60 Å². The third kappa shape index (κ3) is 4.93. The van der Waals surface area contributed by atoms with Gasteiger partial charge in [0, 0.05) is 38.3 Å². The number of anilines is 1. The minimum absolute atomic E-state index is 0.135. The summed E-state index contributed by atoms with van der Waals surface area (Å²) in [5, 5.41) is 17.7. The number of nitrogens with two attached hydrogens (primary N) is 2. The molecule has 1 atom stereocenters. The van der Waals surface area contributed by atoms with Crippen LogP contribution in [0.2, 0.25) is 0 Å². The Balaban J connectivity index is 1.84. The molecule has 176 valence electrons. The second kappa shape index (κ2) is 9.35. The molecule has 4 heterocycles. The molecule has 0 amide bonds. The van der Waals surface area contributed by atoms with Gasteiger partial charge in [-0.2, -0.15) is 0 Å². The average molecular weight is 456 g/mol. The van der Waals surface area contributed by atoms with E-state index in [4.69, 9.17) is 30.6 Å². The largest absolute Gasteiger partial charge is 0.473 e. The van der Waals surface area contributed by atoms with Crippen molar-refractivity contribution in [3.05, 3.63) is 11.8 Å². The van der Waals surface area contributed by atoms with Crippen LogP contribution in [0, 0.1) is 17.8 Å². The van der Waals surface area contributed by atoms with E-state index in [0.717, 1.165) is 18.4 Å². The van der Waals surface area contributed by atoms with Crippen LogP contribution in [0.4, 0.5) is 5.82 Å². The lowest BCUT2D eigenvalue weighted by Crippen LogP contribution is -2.38. The molecule has 0 spiro atoms. The molecule has 1 aliphatic rings. The number of hydrogen-bond acceptors (Lipinski definition) is 10. The lowest BCUT2D eigenvalue weighted by atomic mass is 9.94. The fourth-order valence-corrected chi connectivity index (χ4v) is 3.89. The number of aliphatic hydroxyl groups is 1. The van der Waals surface area contributed by atoms with E-state index in [1.54, 1.807) is 13.8 Å². The number of ether oxygens (including phenoxy) is 2. The van der Waals surface area contributed by atoms with Gasteiger partial charge in [-0.25, -0.2) is 14.6 Å². The molecule has 3 aromatic rings. The topological polar surface area (TPSA) is 160 Å².